The van der Waals surface area contributed by atoms with Gasteiger partial charge in [-0.1, -0.05) is 6.08 Å². The molecule has 0 amide bonds. The van der Waals surface area contributed by atoms with Crippen molar-refractivity contribution in [2.24, 2.45) is 0 Å². The molecule has 1 aromatic rings. The van der Waals surface area contributed by atoms with E-state index < -0.39 is 23.9 Å². The Bertz CT molecular complexity index is 480. The van der Waals surface area contributed by atoms with Crippen LogP contribution >= 0.6 is 0 Å². The molecule has 0 saturated carbocycles. The van der Waals surface area contributed by atoms with Crippen LogP contribution < -0.4 is 10.8 Å². The average molecular weight is 223 g/mol. The molecule has 86 valence electrons. The van der Waals surface area contributed by atoms with Crippen molar-refractivity contribution in [1.29, 1.82) is 0 Å². The molecular weight excluding hydrogens is 212 g/mol. The van der Waals surface area contributed by atoms with E-state index >= 15 is 0 Å². The number of aliphatic hydroxyl groups excluding tert-OH is 1. The highest BCUT2D eigenvalue weighted by molar-refractivity contribution is 5.18. The molecule has 0 spiro atoms. The zero-order valence-corrected chi connectivity index (χ0v) is 8.66. The van der Waals surface area contributed by atoms with E-state index in [4.69, 9.17) is 9.84 Å². The van der Waals surface area contributed by atoms with Gasteiger partial charge >= 0.3 is 5.69 Å². The number of rotatable bonds is 2. The first-order valence-electron chi connectivity index (χ1n) is 4.83. The van der Waals surface area contributed by atoms with E-state index in [0.29, 0.717) is 5.56 Å². The molecule has 2 atom stereocenters. The molecule has 6 heteroatoms. The zero-order valence-electron chi connectivity index (χ0n) is 8.66. The van der Waals surface area contributed by atoms with Crippen molar-refractivity contribution in [3.05, 3.63) is 34.4 Å². The van der Waals surface area contributed by atoms with E-state index in [-0.39, 0.29) is 6.61 Å². The molecule has 1 aliphatic heterocycles. The van der Waals surface area contributed by atoms with Crippen molar-refractivity contribution in [2.45, 2.75) is 19.3 Å². The second kappa shape index (κ2) is 4.07. The highest BCUT2D eigenvalue weighted by atomic mass is 16.5. The van der Waals surface area contributed by atoms with Crippen LogP contribution in [0, 0.1) is 6.92 Å². The molecule has 0 bridgehead atoms. The lowest BCUT2D eigenvalue weighted by Gasteiger charge is -2.17. The number of ether oxygens (including phenoxy) is 1. The maximum absolute atomic E-state index is 11.4. The number of aromatic nitrogens is 2. The van der Waals surface area contributed by atoms with E-state index in [0.717, 1.165) is 0 Å². The zero-order chi connectivity index (χ0) is 11.7. The van der Waals surface area contributed by atoms with Crippen LogP contribution in [0.3, 0.4) is 0 Å². The molecule has 6 nitrogen and oxygen atoms in total. The van der Waals surface area contributed by atoms with Crippen LogP contribution in [0.4, 0.5) is 0 Å². The first-order valence-corrected chi connectivity index (χ1v) is 4.83. The number of hydrogen-bond acceptors (Lipinski definition) is 5. The minimum atomic E-state index is -0.649. The fourth-order valence-corrected chi connectivity index (χ4v) is 1.49. The maximum Gasteiger partial charge on any atom is 0.349 e. The van der Waals surface area contributed by atoms with Gasteiger partial charge in [0.1, 0.15) is 6.10 Å². The second-order valence-corrected chi connectivity index (χ2v) is 3.55. The predicted octanol–water partition coefficient (Wildman–Crippen LogP) is -0.929. The SMILES string of the molecule is Cc1cn(C2C=CC(CO)O2)c(=O)nc1[O-]. The van der Waals surface area contributed by atoms with Gasteiger partial charge in [-0.25, -0.2) is 9.78 Å². The van der Waals surface area contributed by atoms with E-state index in [1.165, 1.54) is 10.8 Å². The Hall–Kier alpha value is -1.66. The number of aryl methyl sites for hydroxylation is 1. The maximum atomic E-state index is 11.4. The van der Waals surface area contributed by atoms with Gasteiger partial charge in [-0.3, -0.25) is 4.57 Å². The summed E-state index contributed by atoms with van der Waals surface area (Å²) in [5, 5.41) is 20.0. The van der Waals surface area contributed by atoms with Gasteiger partial charge in [0, 0.05) is 6.20 Å². The fourth-order valence-electron chi connectivity index (χ4n) is 1.49. The number of hydrogen-bond donors (Lipinski definition) is 1. The Morgan fingerprint density at radius 1 is 1.62 bits per heavy atom. The van der Waals surface area contributed by atoms with Crippen LogP contribution in [0.15, 0.2) is 23.1 Å². The Balaban J connectivity index is 2.33. The second-order valence-electron chi connectivity index (χ2n) is 3.55. The summed E-state index contributed by atoms with van der Waals surface area (Å²) in [5.41, 5.74) is -0.270. The Kier molecular flexibility index (Phi) is 2.76. The van der Waals surface area contributed by atoms with Crippen LogP contribution in [0.2, 0.25) is 0 Å². The molecule has 0 saturated heterocycles. The Labute approximate surface area is 91.4 Å². The highest BCUT2D eigenvalue weighted by Gasteiger charge is 2.20. The first kappa shape index (κ1) is 10.8. The van der Waals surface area contributed by atoms with E-state index in [1.807, 2.05) is 0 Å². The highest BCUT2D eigenvalue weighted by Crippen LogP contribution is 2.20. The minimum Gasteiger partial charge on any atom is -0.858 e. The molecule has 0 radical (unpaired) electrons. The largest absolute Gasteiger partial charge is 0.858 e. The van der Waals surface area contributed by atoms with Crippen LogP contribution in [-0.2, 0) is 4.74 Å². The van der Waals surface area contributed by atoms with E-state index in [9.17, 15) is 9.90 Å². The average Bonchev–Trinajstić information content (AvgIpc) is 2.71. The third-order valence-electron chi connectivity index (χ3n) is 2.35. The van der Waals surface area contributed by atoms with Crippen LogP contribution in [-0.4, -0.2) is 27.4 Å². The summed E-state index contributed by atoms with van der Waals surface area (Å²) in [5.74, 6) is -0.526. The minimum absolute atomic E-state index is 0.145. The van der Waals surface area contributed by atoms with Gasteiger partial charge in [0.25, 0.3) is 0 Å². The monoisotopic (exact) mass is 223 g/mol. The van der Waals surface area contributed by atoms with Crippen molar-refractivity contribution in [1.82, 2.24) is 9.55 Å². The molecule has 0 aromatic carbocycles. The van der Waals surface area contributed by atoms with Gasteiger partial charge in [-0.05, 0) is 24.4 Å². The van der Waals surface area contributed by atoms with Crippen LogP contribution in [0.25, 0.3) is 0 Å². The molecule has 0 aliphatic carbocycles. The molecule has 2 unspecified atom stereocenters. The van der Waals surface area contributed by atoms with Gasteiger partial charge in [0.2, 0.25) is 0 Å². The molecule has 2 heterocycles. The van der Waals surface area contributed by atoms with E-state index in [1.54, 1.807) is 19.1 Å². The molecule has 1 N–H and O–H groups in total. The third kappa shape index (κ3) is 1.84. The summed E-state index contributed by atoms with van der Waals surface area (Å²) in [6, 6.07) is 0. The summed E-state index contributed by atoms with van der Waals surface area (Å²) in [6.07, 6.45) is 3.71. The van der Waals surface area contributed by atoms with Crippen LogP contribution in [0.1, 0.15) is 11.8 Å². The first-order chi connectivity index (χ1) is 7.61. The molecule has 2 rings (SSSR count). The van der Waals surface area contributed by atoms with Gasteiger partial charge in [-0.15, -0.1) is 0 Å². The summed E-state index contributed by atoms with van der Waals surface area (Å²) in [4.78, 5) is 14.8. The molecule has 1 aliphatic rings. The normalized spacial score (nSPS) is 23.9. The third-order valence-corrected chi connectivity index (χ3v) is 2.35. The lowest BCUT2D eigenvalue weighted by molar-refractivity contribution is -0.276. The summed E-state index contributed by atoms with van der Waals surface area (Å²) >= 11 is 0. The van der Waals surface area contributed by atoms with E-state index in [2.05, 4.69) is 4.98 Å². The molecule has 1 aromatic heterocycles. The molecule has 0 fully saturated rings. The lowest BCUT2D eigenvalue weighted by atomic mass is 10.3. The quantitative estimate of drug-likeness (QED) is 0.654. The van der Waals surface area contributed by atoms with Crippen molar-refractivity contribution in [3.8, 4) is 5.88 Å². The van der Waals surface area contributed by atoms with Gasteiger partial charge < -0.3 is 14.9 Å². The van der Waals surface area contributed by atoms with Crippen LogP contribution in [0.5, 0.6) is 5.88 Å². The number of nitrogens with zero attached hydrogens (tertiary/aromatic N) is 2. The molecular formula is C10H11N2O4-. The number of aliphatic hydroxyl groups is 1. The summed E-state index contributed by atoms with van der Waals surface area (Å²) in [6.45, 7) is 1.43. The van der Waals surface area contributed by atoms with Gasteiger partial charge in [0.05, 0.1) is 6.61 Å². The fraction of sp³-hybridized carbons (Fsp3) is 0.400. The van der Waals surface area contributed by atoms with Gasteiger partial charge in [0.15, 0.2) is 6.23 Å². The van der Waals surface area contributed by atoms with Crippen molar-refractivity contribution >= 4 is 0 Å². The van der Waals surface area contributed by atoms with Crippen molar-refractivity contribution < 1.29 is 14.9 Å². The summed E-state index contributed by atoms with van der Waals surface area (Å²) < 4.78 is 6.56. The standard InChI is InChI=1S/C10H12N2O4/c1-6-4-12(10(15)11-9(6)14)8-3-2-7(5-13)16-8/h2-4,7-8,13H,5H2,1H3,(H,11,14,15)/p-1. The topological polar surface area (TPSA) is 87.4 Å². The van der Waals surface area contributed by atoms with Crippen molar-refractivity contribution in [3.63, 3.8) is 0 Å². The smallest absolute Gasteiger partial charge is 0.349 e. The molecule has 16 heavy (non-hydrogen) atoms. The van der Waals surface area contributed by atoms with Gasteiger partial charge in [-0.2, -0.15) is 0 Å². The predicted molar refractivity (Wildman–Crippen MR) is 52.8 cm³/mol. The lowest BCUT2D eigenvalue weighted by Crippen LogP contribution is -2.29. The Morgan fingerprint density at radius 2 is 2.38 bits per heavy atom. The van der Waals surface area contributed by atoms with Crippen molar-refractivity contribution in [2.75, 3.05) is 6.61 Å². The summed E-state index contributed by atoms with van der Waals surface area (Å²) in [7, 11) is 0. The Morgan fingerprint density at radius 3 is 3.00 bits per heavy atom.